The number of aromatic nitrogens is 2. The van der Waals surface area contributed by atoms with Gasteiger partial charge in [0.15, 0.2) is 0 Å². The molecule has 4 heteroatoms. The van der Waals surface area contributed by atoms with Gasteiger partial charge in [0.05, 0.1) is 12.8 Å². The lowest BCUT2D eigenvalue weighted by Gasteiger charge is -2.28. The number of nitrogens with zero attached hydrogens (tertiary/aromatic N) is 3. The van der Waals surface area contributed by atoms with Crippen LogP contribution in [0.2, 0.25) is 0 Å². The highest BCUT2D eigenvalue weighted by molar-refractivity contribution is 5.04. The van der Waals surface area contributed by atoms with E-state index >= 15 is 0 Å². The van der Waals surface area contributed by atoms with Crippen LogP contribution in [0.15, 0.2) is 12.4 Å². The first-order chi connectivity index (χ1) is 8.69. The van der Waals surface area contributed by atoms with Gasteiger partial charge in [0.1, 0.15) is 0 Å². The van der Waals surface area contributed by atoms with E-state index in [1.54, 1.807) is 0 Å². The molecule has 2 rings (SSSR count). The van der Waals surface area contributed by atoms with Crippen molar-refractivity contribution in [2.75, 3.05) is 19.8 Å². The molecule has 0 spiro atoms. The van der Waals surface area contributed by atoms with Crippen LogP contribution >= 0.6 is 0 Å². The van der Waals surface area contributed by atoms with Gasteiger partial charge in [0.25, 0.3) is 0 Å². The predicted octanol–water partition coefficient (Wildman–Crippen LogP) is 2.15. The van der Waals surface area contributed by atoms with Crippen molar-refractivity contribution < 1.29 is 4.74 Å². The van der Waals surface area contributed by atoms with E-state index in [2.05, 4.69) is 37.0 Å². The summed E-state index contributed by atoms with van der Waals surface area (Å²) in [7, 11) is 0. The monoisotopic (exact) mass is 251 g/mol. The fourth-order valence-electron chi connectivity index (χ4n) is 2.41. The van der Waals surface area contributed by atoms with Gasteiger partial charge in [-0.05, 0) is 33.1 Å². The third-order valence-corrected chi connectivity index (χ3v) is 3.64. The molecule has 0 bridgehead atoms. The molecular formula is C14H25N3O. The van der Waals surface area contributed by atoms with Crippen molar-refractivity contribution in [2.45, 2.75) is 46.3 Å². The quantitative estimate of drug-likeness (QED) is 0.776. The highest BCUT2D eigenvalue weighted by atomic mass is 16.5. The second-order valence-electron chi connectivity index (χ2n) is 5.46. The largest absolute Gasteiger partial charge is 0.381 e. The molecule has 1 fully saturated rings. The van der Waals surface area contributed by atoms with Crippen LogP contribution in [-0.4, -0.2) is 40.5 Å². The molecule has 2 heterocycles. The average molecular weight is 251 g/mol. The van der Waals surface area contributed by atoms with E-state index in [9.17, 15) is 0 Å². The van der Waals surface area contributed by atoms with Crippen LogP contribution in [0.5, 0.6) is 0 Å². The van der Waals surface area contributed by atoms with E-state index < -0.39 is 0 Å². The maximum atomic E-state index is 5.47. The summed E-state index contributed by atoms with van der Waals surface area (Å²) >= 11 is 0. The van der Waals surface area contributed by atoms with Gasteiger partial charge in [-0.3, -0.25) is 9.58 Å². The molecule has 1 saturated heterocycles. The van der Waals surface area contributed by atoms with Gasteiger partial charge in [-0.2, -0.15) is 5.10 Å². The SMILES string of the molecule is CCn1cc(CN(C[C@@H]2CCOC2)C(C)C)cn1. The molecule has 1 aliphatic rings. The standard InChI is InChI=1S/C14H25N3O/c1-4-17-10-14(7-15-17)9-16(12(2)3)8-13-5-6-18-11-13/h7,10,12-13H,4-6,8-9,11H2,1-3H3/t13-/m0/s1. The zero-order valence-electron chi connectivity index (χ0n) is 11.8. The Labute approximate surface area is 110 Å². The summed E-state index contributed by atoms with van der Waals surface area (Å²) in [6, 6.07) is 0.565. The smallest absolute Gasteiger partial charge is 0.0534 e. The van der Waals surface area contributed by atoms with Crippen LogP contribution in [0, 0.1) is 5.92 Å². The Bertz CT molecular complexity index is 356. The van der Waals surface area contributed by atoms with Gasteiger partial charge in [0, 0.05) is 44.0 Å². The molecule has 1 aromatic rings. The molecule has 0 N–H and O–H groups in total. The fraction of sp³-hybridized carbons (Fsp3) is 0.786. The van der Waals surface area contributed by atoms with Gasteiger partial charge >= 0.3 is 0 Å². The lowest BCUT2D eigenvalue weighted by molar-refractivity contribution is 0.148. The summed E-state index contributed by atoms with van der Waals surface area (Å²) in [4.78, 5) is 2.52. The Morgan fingerprint density at radius 2 is 2.39 bits per heavy atom. The zero-order chi connectivity index (χ0) is 13.0. The molecule has 0 radical (unpaired) electrons. The first-order valence-electron chi connectivity index (χ1n) is 7.02. The summed E-state index contributed by atoms with van der Waals surface area (Å²) in [6.45, 7) is 11.6. The minimum atomic E-state index is 0.565. The maximum absolute atomic E-state index is 5.47. The molecule has 0 aliphatic carbocycles. The van der Waals surface area contributed by atoms with Crippen LogP contribution in [0.4, 0.5) is 0 Å². The molecule has 1 atom stereocenters. The molecule has 102 valence electrons. The van der Waals surface area contributed by atoms with Gasteiger partial charge in [-0.1, -0.05) is 0 Å². The van der Waals surface area contributed by atoms with E-state index in [0.717, 1.165) is 32.8 Å². The third kappa shape index (κ3) is 3.56. The molecule has 0 unspecified atom stereocenters. The van der Waals surface area contributed by atoms with Crippen molar-refractivity contribution in [1.29, 1.82) is 0 Å². The topological polar surface area (TPSA) is 30.3 Å². The highest BCUT2D eigenvalue weighted by Crippen LogP contribution is 2.17. The first-order valence-corrected chi connectivity index (χ1v) is 7.02. The van der Waals surface area contributed by atoms with Crippen LogP contribution in [0.1, 0.15) is 32.8 Å². The molecule has 4 nitrogen and oxygen atoms in total. The van der Waals surface area contributed by atoms with Crippen LogP contribution in [0.3, 0.4) is 0 Å². The molecule has 1 aliphatic heterocycles. The van der Waals surface area contributed by atoms with Crippen molar-refractivity contribution in [3.8, 4) is 0 Å². The first kappa shape index (κ1) is 13.6. The maximum Gasteiger partial charge on any atom is 0.0534 e. The van der Waals surface area contributed by atoms with Gasteiger partial charge < -0.3 is 4.74 Å². The van der Waals surface area contributed by atoms with Crippen molar-refractivity contribution >= 4 is 0 Å². The lowest BCUT2D eigenvalue weighted by atomic mass is 10.1. The van der Waals surface area contributed by atoms with Crippen molar-refractivity contribution in [1.82, 2.24) is 14.7 Å². The Kier molecular flexibility index (Phi) is 4.78. The van der Waals surface area contributed by atoms with E-state index in [1.165, 1.54) is 12.0 Å². The molecule has 0 aromatic carbocycles. The van der Waals surface area contributed by atoms with Gasteiger partial charge in [-0.15, -0.1) is 0 Å². The van der Waals surface area contributed by atoms with Gasteiger partial charge in [-0.25, -0.2) is 0 Å². The Hall–Kier alpha value is -0.870. The predicted molar refractivity (Wildman–Crippen MR) is 72.4 cm³/mol. The van der Waals surface area contributed by atoms with Crippen LogP contribution < -0.4 is 0 Å². The number of hydrogen-bond acceptors (Lipinski definition) is 3. The Morgan fingerprint density at radius 1 is 1.56 bits per heavy atom. The van der Waals surface area contributed by atoms with Crippen molar-refractivity contribution in [3.05, 3.63) is 18.0 Å². The van der Waals surface area contributed by atoms with E-state index in [1.807, 2.05) is 10.9 Å². The van der Waals surface area contributed by atoms with E-state index in [-0.39, 0.29) is 0 Å². The van der Waals surface area contributed by atoms with Crippen molar-refractivity contribution in [3.63, 3.8) is 0 Å². The van der Waals surface area contributed by atoms with Gasteiger partial charge in [0.2, 0.25) is 0 Å². The average Bonchev–Trinajstić information content (AvgIpc) is 2.99. The number of ether oxygens (including phenoxy) is 1. The Morgan fingerprint density at radius 3 is 2.94 bits per heavy atom. The number of rotatable bonds is 6. The minimum Gasteiger partial charge on any atom is -0.381 e. The molecular weight excluding hydrogens is 226 g/mol. The van der Waals surface area contributed by atoms with Crippen molar-refractivity contribution in [2.24, 2.45) is 5.92 Å². The minimum absolute atomic E-state index is 0.565. The zero-order valence-corrected chi connectivity index (χ0v) is 11.8. The number of aryl methyl sites for hydroxylation is 1. The van der Waals surface area contributed by atoms with Crippen LogP contribution in [-0.2, 0) is 17.8 Å². The number of hydrogen-bond donors (Lipinski definition) is 0. The summed E-state index contributed by atoms with van der Waals surface area (Å²) in [5, 5.41) is 4.34. The second kappa shape index (κ2) is 6.34. The fourth-order valence-corrected chi connectivity index (χ4v) is 2.41. The Balaban J connectivity index is 1.92. The van der Waals surface area contributed by atoms with E-state index in [4.69, 9.17) is 4.74 Å². The third-order valence-electron chi connectivity index (χ3n) is 3.64. The summed E-state index contributed by atoms with van der Waals surface area (Å²) in [6.07, 6.45) is 5.35. The summed E-state index contributed by atoms with van der Waals surface area (Å²) in [5.41, 5.74) is 1.31. The summed E-state index contributed by atoms with van der Waals surface area (Å²) in [5.74, 6) is 0.702. The van der Waals surface area contributed by atoms with Crippen LogP contribution in [0.25, 0.3) is 0 Å². The molecule has 1 aromatic heterocycles. The second-order valence-corrected chi connectivity index (χ2v) is 5.46. The molecule has 0 amide bonds. The normalized spacial score (nSPS) is 20.2. The van der Waals surface area contributed by atoms with E-state index in [0.29, 0.717) is 12.0 Å². The highest BCUT2D eigenvalue weighted by Gasteiger charge is 2.21. The lowest BCUT2D eigenvalue weighted by Crippen LogP contribution is -2.35. The summed E-state index contributed by atoms with van der Waals surface area (Å²) < 4.78 is 7.46. The molecule has 18 heavy (non-hydrogen) atoms. The molecule has 0 saturated carbocycles.